The summed E-state index contributed by atoms with van der Waals surface area (Å²) in [7, 11) is 0. The van der Waals surface area contributed by atoms with Gasteiger partial charge in [-0.25, -0.2) is 9.97 Å². The van der Waals surface area contributed by atoms with E-state index in [-0.39, 0.29) is 0 Å². The topological polar surface area (TPSA) is 66.3 Å². The van der Waals surface area contributed by atoms with Crippen LogP contribution in [0.5, 0.6) is 0 Å². The van der Waals surface area contributed by atoms with Crippen molar-refractivity contribution < 1.29 is 9.90 Å². The van der Waals surface area contributed by atoms with Gasteiger partial charge in [0.05, 0.1) is 5.41 Å². The molecular formula is C13H19N3O2. The maximum absolute atomic E-state index is 11.3. The first kappa shape index (κ1) is 12.8. The highest BCUT2D eigenvalue weighted by Gasteiger charge is 2.38. The number of carboxylic acid groups (broad SMARTS) is 1. The summed E-state index contributed by atoms with van der Waals surface area (Å²) < 4.78 is 0. The van der Waals surface area contributed by atoms with Crippen LogP contribution in [0.2, 0.25) is 0 Å². The lowest BCUT2D eigenvalue weighted by Gasteiger charge is -2.38. The fourth-order valence-electron chi connectivity index (χ4n) is 2.47. The molecule has 5 nitrogen and oxygen atoms in total. The molecule has 1 saturated heterocycles. The molecule has 0 aromatic carbocycles. The first-order valence-corrected chi connectivity index (χ1v) is 6.21. The second-order valence-electron chi connectivity index (χ2n) is 5.31. The molecule has 5 heteroatoms. The van der Waals surface area contributed by atoms with E-state index in [1.807, 2.05) is 26.8 Å². The molecular weight excluding hydrogens is 230 g/mol. The van der Waals surface area contributed by atoms with Crippen LogP contribution >= 0.6 is 0 Å². The molecule has 1 unspecified atom stereocenters. The van der Waals surface area contributed by atoms with Gasteiger partial charge in [-0.3, -0.25) is 4.79 Å². The van der Waals surface area contributed by atoms with Crippen molar-refractivity contribution in [2.24, 2.45) is 5.41 Å². The van der Waals surface area contributed by atoms with Gasteiger partial charge in [-0.2, -0.15) is 0 Å². The van der Waals surface area contributed by atoms with Gasteiger partial charge in [0.1, 0.15) is 11.6 Å². The Hall–Kier alpha value is -1.65. The Labute approximate surface area is 107 Å². The first-order valence-electron chi connectivity index (χ1n) is 6.21. The zero-order valence-electron chi connectivity index (χ0n) is 11.1. The highest BCUT2D eigenvalue weighted by atomic mass is 16.4. The maximum atomic E-state index is 11.3. The minimum Gasteiger partial charge on any atom is -0.481 e. The molecule has 1 aromatic rings. The van der Waals surface area contributed by atoms with Gasteiger partial charge in [-0.05, 0) is 33.6 Å². The molecule has 1 aromatic heterocycles. The number of piperidine rings is 1. The third-order valence-electron chi connectivity index (χ3n) is 3.49. The van der Waals surface area contributed by atoms with Crippen molar-refractivity contribution in [3.63, 3.8) is 0 Å². The van der Waals surface area contributed by atoms with Crippen LogP contribution in [-0.4, -0.2) is 34.1 Å². The second-order valence-corrected chi connectivity index (χ2v) is 5.31. The van der Waals surface area contributed by atoms with Crippen molar-refractivity contribution in [1.82, 2.24) is 9.97 Å². The van der Waals surface area contributed by atoms with Gasteiger partial charge in [0, 0.05) is 24.8 Å². The Morgan fingerprint density at radius 2 is 2.17 bits per heavy atom. The third-order valence-corrected chi connectivity index (χ3v) is 3.49. The number of hydrogen-bond donors (Lipinski definition) is 1. The summed E-state index contributed by atoms with van der Waals surface area (Å²) in [5.41, 5.74) is 0.241. The average Bonchev–Trinajstić information content (AvgIpc) is 2.27. The zero-order valence-corrected chi connectivity index (χ0v) is 11.1. The van der Waals surface area contributed by atoms with Gasteiger partial charge >= 0.3 is 5.97 Å². The van der Waals surface area contributed by atoms with Gasteiger partial charge in [0.15, 0.2) is 0 Å². The van der Waals surface area contributed by atoms with E-state index in [0.29, 0.717) is 6.54 Å². The van der Waals surface area contributed by atoms with Crippen molar-refractivity contribution >= 4 is 11.8 Å². The number of anilines is 1. The highest BCUT2D eigenvalue weighted by molar-refractivity contribution is 5.75. The van der Waals surface area contributed by atoms with Crippen LogP contribution in [0, 0.1) is 19.3 Å². The average molecular weight is 249 g/mol. The summed E-state index contributed by atoms with van der Waals surface area (Å²) in [6, 6.07) is 1.92. The predicted octanol–water partition coefficient (Wildman–Crippen LogP) is 1.78. The minimum atomic E-state index is -0.727. The fraction of sp³-hybridized carbons (Fsp3) is 0.615. The minimum absolute atomic E-state index is 0.512. The second kappa shape index (κ2) is 4.55. The lowest BCUT2D eigenvalue weighted by Crippen LogP contribution is -2.46. The summed E-state index contributed by atoms with van der Waals surface area (Å²) in [6.45, 7) is 6.97. The van der Waals surface area contributed by atoms with Gasteiger partial charge in [-0.1, -0.05) is 0 Å². The number of aromatic nitrogens is 2. The summed E-state index contributed by atoms with van der Waals surface area (Å²) in [5.74, 6) is 0.842. The Morgan fingerprint density at radius 1 is 1.44 bits per heavy atom. The van der Waals surface area contributed by atoms with Crippen LogP contribution in [0.15, 0.2) is 6.07 Å². The molecule has 2 rings (SSSR count). The number of hydrogen-bond acceptors (Lipinski definition) is 4. The van der Waals surface area contributed by atoms with Crippen molar-refractivity contribution in [1.29, 1.82) is 0 Å². The molecule has 0 bridgehead atoms. The molecule has 98 valence electrons. The number of aliphatic carboxylic acids is 1. The smallest absolute Gasteiger partial charge is 0.311 e. The molecule has 1 fully saturated rings. The molecule has 0 spiro atoms. The third kappa shape index (κ3) is 2.44. The number of aryl methyl sites for hydroxylation is 2. The molecule has 1 N–H and O–H groups in total. The van der Waals surface area contributed by atoms with E-state index in [4.69, 9.17) is 0 Å². The zero-order chi connectivity index (χ0) is 13.3. The number of carboxylic acids is 1. The molecule has 0 aliphatic carbocycles. The van der Waals surface area contributed by atoms with Crippen LogP contribution < -0.4 is 4.90 Å². The molecule has 1 aliphatic rings. The Bertz CT molecular complexity index is 455. The predicted molar refractivity (Wildman–Crippen MR) is 68.7 cm³/mol. The summed E-state index contributed by atoms with van der Waals surface area (Å²) in [6.07, 6.45) is 1.60. The number of rotatable bonds is 2. The van der Waals surface area contributed by atoms with Crippen molar-refractivity contribution in [3.05, 3.63) is 17.6 Å². The van der Waals surface area contributed by atoms with E-state index in [1.54, 1.807) is 0 Å². The summed E-state index contributed by atoms with van der Waals surface area (Å²) >= 11 is 0. The van der Waals surface area contributed by atoms with E-state index in [2.05, 4.69) is 14.9 Å². The molecule has 0 saturated carbocycles. The van der Waals surface area contributed by atoms with Gasteiger partial charge in [0.25, 0.3) is 0 Å². The van der Waals surface area contributed by atoms with E-state index in [9.17, 15) is 9.90 Å². The summed E-state index contributed by atoms with van der Waals surface area (Å²) in [5, 5.41) is 9.31. The van der Waals surface area contributed by atoms with Crippen LogP contribution in [-0.2, 0) is 4.79 Å². The van der Waals surface area contributed by atoms with E-state index in [0.717, 1.165) is 36.7 Å². The van der Waals surface area contributed by atoms with Crippen LogP contribution in [0.4, 0.5) is 5.82 Å². The number of nitrogens with zero attached hydrogens (tertiary/aromatic N) is 3. The van der Waals surface area contributed by atoms with Crippen LogP contribution in [0.25, 0.3) is 0 Å². The SMILES string of the molecule is Cc1cc(N2CCCC(C)(C(=O)O)C2)nc(C)n1. The van der Waals surface area contributed by atoms with Crippen molar-refractivity contribution in [3.8, 4) is 0 Å². The van der Waals surface area contributed by atoms with Gasteiger partial charge in [0.2, 0.25) is 0 Å². The maximum Gasteiger partial charge on any atom is 0.311 e. The molecule has 1 aliphatic heterocycles. The molecule has 2 heterocycles. The fourth-order valence-corrected chi connectivity index (χ4v) is 2.47. The van der Waals surface area contributed by atoms with Crippen molar-refractivity contribution in [2.75, 3.05) is 18.0 Å². The molecule has 1 atom stereocenters. The Balaban J connectivity index is 2.26. The van der Waals surface area contributed by atoms with Crippen LogP contribution in [0.1, 0.15) is 31.3 Å². The molecule has 18 heavy (non-hydrogen) atoms. The molecule has 0 amide bonds. The normalized spacial score (nSPS) is 24.1. The van der Waals surface area contributed by atoms with Gasteiger partial charge < -0.3 is 10.0 Å². The highest BCUT2D eigenvalue weighted by Crippen LogP contribution is 2.31. The van der Waals surface area contributed by atoms with E-state index < -0.39 is 11.4 Å². The lowest BCUT2D eigenvalue weighted by atomic mass is 9.82. The lowest BCUT2D eigenvalue weighted by molar-refractivity contribution is -0.148. The van der Waals surface area contributed by atoms with Crippen molar-refractivity contribution in [2.45, 2.75) is 33.6 Å². The first-order chi connectivity index (χ1) is 8.40. The quantitative estimate of drug-likeness (QED) is 0.865. The molecule has 0 radical (unpaired) electrons. The van der Waals surface area contributed by atoms with Gasteiger partial charge in [-0.15, -0.1) is 0 Å². The Kier molecular flexibility index (Phi) is 3.24. The monoisotopic (exact) mass is 249 g/mol. The largest absolute Gasteiger partial charge is 0.481 e. The Morgan fingerprint density at radius 3 is 2.78 bits per heavy atom. The van der Waals surface area contributed by atoms with E-state index in [1.165, 1.54) is 0 Å². The number of carbonyl (C=O) groups is 1. The van der Waals surface area contributed by atoms with E-state index >= 15 is 0 Å². The standard InChI is InChI=1S/C13H19N3O2/c1-9-7-11(15-10(2)14-9)16-6-4-5-13(3,8-16)12(17)18/h7H,4-6,8H2,1-3H3,(H,17,18). The van der Waals surface area contributed by atoms with Crippen LogP contribution in [0.3, 0.4) is 0 Å². The summed E-state index contributed by atoms with van der Waals surface area (Å²) in [4.78, 5) is 22.0.